The Hall–Kier alpha value is -3.02. The van der Waals surface area contributed by atoms with Crippen molar-refractivity contribution in [2.24, 2.45) is 0 Å². The third-order valence-corrected chi connectivity index (χ3v) is 4.49. The lowest BCUT2D eigenvalue weighted by Crippen LogP contribution is -2.33. The summed E-state index contributed by atoms with van der Waals surface area (Å²) in [5.74, 6) is 0.144. The van der Waals surface area contributed by atoms with Gasteiger partial charge in [-0.1, -0.05) is 6.07 Å². The highest BCUT2D eigenvalue weighted by Gasteiger charge is 2.27. The quantitative estimate of drug-likeness (QED) is 0.796. The number of anilines is 1. The smallest absolute Gasteiger partial charge is 0.267 e. The summed E-state index contributed by atoms with van der Waals surface area (Å²) in [4.78, 5) is 29.1. The van der Waals surface area contributed by atoms with Crippen LogP contribution in [0.25, 0.3) is 10.9 Å². The molecule has 0 spiro atoms. The fourth-order valence-corrected chi connectivity index (χ4v) is 2.87. The number of rotatable bonds is 4. The molecule has 1 N–H and O–H groups in total. The Morgan fingerprint density at radius 3 is 2.84 bits per heavy atom. The molecule has 1 amide bonds. The number of aromatic nitrogens is 3. The van der Waals surface area contributed by atoms with Crippen molar-refractivity contribution < 1.29 is 4.79 Å². The van der Waals surface area contributed by atoms with Crippen LogP contribution in [0.4, 0.5) is 5.69 Å². The van der Waals surface area contributed by atoms with E-state index in [1.165, 1.54) is 10.7 Å². The van der Waals surface area contributed by atoms with Gasteiger partial charge in [0.25, 0.3) is 5.56 Å². The van der Waals surface area contributed by atoms with E-state index in [9.17, 15) is 9.59 Å². The topological polar surface area (TPSA) is 76.9 Å². The number of carbonyl (C=O) groups is 1. The number of hydrogen-bond donors (Lipinski definition) is 1. The number of carbonyl (C=O) groups excluding carboxylic acids is 1. The number of pyridine rings is 1. The van der Waals surface area contributed by atoms with Gasteiger partial charge in [0.2, 0.25) is 5.91 Å². The van der Waals surface area contributed by atoms with Crippen LogP contribution < -0.4 is 10.9 Å². The summed E-state index contributed by atoms with van der Waals surface area (Å²) >= 11 is 0. The number of nitrogens with one attached hydrogen (secondary N) is 1. The van der Waals surface area contributed by atoms with E-state index in [1.54, 1.807) is 19.2 Å². The first-order chi connectivity index (χ1) is 12.1. The Labute approximate surface area is 144 Å². The Kier molecular flexibility index (Phi) is 3.80. The van der Waals surface area contributed by atoms with Crippen molar-refractivity contribution in [3.05, 3.63) is 64.7 Å². The average Bonchev–Trinajstić information content (AvgIpc) is 3.47. The highest BCUT2D eigenvalue weighted by atomic mass is 16.2. The van der Waals surface area contributed by atoms with Crippen LogP contribution >= 0.6 is 0 Å². The van der Waals surface area contributed by atoms with Crippen LogP contribution in [0.2, 0.25) is 0 Å². The predicted molar refractivity (Wildman–Crippen MR) is 95.6 cm³/mol. The van der Waals surface area contributed by atoms with Crippen LogP contribution in [0.3, 0.4) is 0 Å². The number of hydrogen-bond acceptors (Lipinski definition) is 4. The zero-order chi connectivity index (χ0) is 17.4. The van der Waals surface area contributed by atoms with Gasteiger partial charge in [0.1, 0.15) is 6.04 Å². The van der Waals surface area contributed by atoms with Crippen molar-refractivity contribution in [2.75, 3.05) is 5.32 Å². The first-order valence-corrected chi connectivity index (χ1v) is 8.38. The monoisotopic (exact) mass is 334 g/mol. The highest BCUT2D eigenvalue weighted by Crippen LogP contribution is 2.38. The van der Waals surface area contributed by atoms with Gasteiger partial charge >= 0.3 is 0 Å². The second kappa shape index (κ2) is 6.12. The van der Waals surface area contributed by atoms with Crippen molar-refractivity contribution >= 4 is 22.5 Å². The summed E-state index contributed by atoms with van der Waals surface area (Å²) in [7, 11) is 0. The minimum Gasteiger partial charge on any atom is -0.324 e. The van der Waals surface area contributed by atoms with E-state index in [0.717, 1.165) is 29.4 Å². The molecule has 0 aliphatic heterocycles. The maximum Gasteiger partial charge on any atom is 0.267 e. The Morgan fingerprint density at radius 1 is 1.20 bits per heavy atom. The van der Waals surface area contributed by atoms with Gasteiger partial charge in [0.05, 0.1) is 16.9 Å². The second-order valence-corrected chi connectivity index (χ2v) is 6.36. The maximum atomic E-state index is 12.7. The van der Waals surface area contributed by atoms with Gasteiger partial charge < -0.3 is 5.32 Å². The number of amides is 1. The largest absolute Gasteiger partial charge is 0.324 e. The Morgan fingerprint density at radius 2 is 2.04 bits per heavy atom. The van der Waals surface area contributed by atoms with E-state index in [0.29, 0.717) is 11.6 Å². The number of fused-ring (bicyclic) bond motifs is 1. The lowest BCUT2D eigenvalue weighted by Gasteiger charge is -2.15. The molecular formula is C19H18N4O2. The molecule has 0 radical (unpaired) electrons. The molecule has 1 saturated carbocycles. The van der Waals surface area contributed by atoms with Crippen molar-refractivity contribution in [2.45, 2.75) is 31.7 Å². The van der Waals surface area contributed by atoms with E-state index in [2.05, 4.69) is 15.4 Å². The lowest BCUT2D eigenvalue weighted by molar-refractivity contribution is -0.119. The summed E-state index contributed by atoms with van der Waals surface area (Å²) in [5.41, 5.74) is 2.09. The Bertz CT molecular complexity index is 1000. The molecular weight excluding hydrogens is 316 g/mol. The summed E-state index contributed by atoms with van der Waals surface area (Å²) in [6.45, 7) is 1.68. The summed E-state index contributed by atoms with van der Waals surface area (Å²) in [5, 5.41) is 8.15. The SMILES string of the molecule is CC(C(=O)Nc1cccc2ncccc12)n1nc(C2CC2)ccc1=O. The van der Waals surface area contributed by atoms with Crippen LogP contribution in [0.15, 0.2) is 53.5 Å². The molecule has 4 rings (SSSR count). The molecule has 3 aromatic rings. The minimum atomic E-state index is -0.696. The highest BCUT2D eigenvalue weighted by molar-refractivity contribution is 6.02. The predicted octanol–water partition coefficient (Wildman–Crippen LogP) is 2.87. The van der Waals surface area contributed by atoms with Crippen molar-refractivity contribution in [1.82, 2.24) is 14.8 Å². The molecule has 0 bridgehead atoms. The third-order valence-electron chi connectivity index (χ3n) is 4.49. The van der Waals surface area contributed by atoms with Gasteiger partial charge in [-0.15, -0.1) is 0 Å². The summed E-state index contributed by atoms with van der Waals surface area (Å²) in [6, 6.07) is 11.8. The maximum absolute atomic E-state index is 12.7. The zero-order valence-corrected chi connectivity index (χ0v) is 13.8. The van der Waals surface area contributed by atoms with Crippen LogP contribution in [0, 0.1) is 0 Å². The van der Waals surface area contributed by atoms with Crippen molar-refractivity contribution in [1.29, 1.82) is 0 Å². The number of benzene rings is 1. The molecule has 0 saturated heterocycles. The van der Waals surface area contributed by atoms with E-state index in [1.807, 2.05) is 30.3 Å². The molecule has 1 unspecified atom stereocenters. The van der Waals surface area contributed by atoms with E-state index in [-0.39, 0.29) is 11.5 Å². The standard InChI is InChI=1S/C19H18N4O2/c1-12(23-18(24)10-9-15(22-23)13-7-8-13)19(25)21-17-6-2-5-16-14(17)4-3-11-20-16/h2-6,9-13H,7-8H2,1H3,(H,21,25). The first-order valence-electron chi connectivity index (χ1n) is 8.38. The van der Waals surface area contributed by atoms with Crippen molar-refractivity contribution in [3.8, 4) is 0 Å². The summed E-state index contributed by atoms with van der Waals surface area (Å²) in [6.07, 6.45) is 3.90. The first kappa shape index (κ1) is 15.5. The average molecular weight is 334 g/mol. The van der Waals surface area contributed by atoms with E-state index in [4.69, 9.17) is 0 Å². The normalized spacial score (nSPS) is 15.1. The van der Waals surface area contributed by atoms with Gasteiger partial charge in [-0.25, -0.2) is 4.68 Å². The molecule has 25 heavy (non-hydrogen) atoms. The molecule has 6 heteroatoms. The molecule has 126 valence electrons. The fourth-order valence-electron chi connectivity index (χ4n) is 2.87. The van der Waals surface area contributed by atoms with Crippen molar-refractivity contribution in [3.63, 3.8) is 0 Å². The van der Waals surface area contributed by atoms with Gasteiger partial charge in [-0.2, -0.15) is 5.10 Å². The molecule has 6 nitrogen and oxygen atoms in total. The minimum absolute atomic E-state index is 0.272. The summed E-state index contributed by atoms with van der Waals surface area (Å²) < 4.78 is 1.27. The molecule has 1 aromatic carbocycles. The molecule has 2 aromatic heterocycles. The molecule has 1 aliphatic carbocycles. The van der Waals surface area contributed by atoms with Gasteiger partial charge in [0.15, 0.2) is 0 Å². The van der Waals surface area contributed by atoms with Crippen LogP contribution in [-0.4, -0.2) is 20.7 Å². The fraction of sp³-hybridized carbons (Fsp3) is 0.263. The zero-order valence-electron chi connectivity index (χ0n) is 13.8. The third kappa shape index (κ3) is 3.03. The van der Waals surface area contributed by atoms with Gasteiger partial charge in [-0.05, 0) is 50.1 Å². The molecule has 1 aliphatic rings. The van der Waals surface area contributed by atoms with Gasteiger partial charge in [-0.3, -0.25) is 14.6 Å². The second-order valence-electron chi connectivity index (χ2n) is 6.36. The molecule has 2 heterocycles. The van der Waals surface area contributed by atoms with Gasteiger partial charge in [0, 0.05) is 23.6 Å². The number of nitrogens with zero attached hydrogens (tertiary/aromatic N) is 3. The van der Waals surface area contributed by atoms with Crippen LogP contribution in [0.5, 0.6) is 0 Å². The van der Waals surface area contributed by atoms with E-state index >= 15 is 0 Å². The van der Waals surface area contributed by atoms with Crippen LogP contribution in [-0.2, 0) is 4.79 Å². The molecule has 1 fully saturated rings. The Balaban J connectivity index is 1.62. The van der Waals surface area contributed by atoms with Crippen LogP contribution in [0.1, 0.15) is 37.4 Å². The lowest BCUT2D eigenvalue weighted by atomic mass is 10.1. The van der Waals surface area contributed by atoms with E-state index < -0.39 is 6.04 Å². The molecule has 1 atom stereocenters.